The van der Waals surface area contributed by atoms with Gasteiger partial charge in [-0.2, -0.15) is 0 Å². The number of hydrogen-bond donors (Lipinski definition) is 3. The highest BCUT2D eigenvalue weighted by molar-refractivity contribution is 5.89. The monoisotopic (exact) mass is 326 g/mol. The number of anilines is 1. The van der Waals surface area contributed by atoms with E-state index in [0.29, 0.717) is 24.3 Å². The molecule has 2 amide bonds. The lowest BCUT2D eigenvalue weighted by Gasteiger charge is -2.33. The van der Waals surface area contributed by atoms with E-state index in [1.807, 2.05) is 24.3 Å². The Morgan fingerprint density at radius 1 is 1.21 bits per heavy atom. The van der Waals surface area contributed by atoms with Crippen LogP contribution in [0.2, 0.25) is 0 Å². The Labute approximate surface area is 141 Å². The highest BCUT2D eigenvalue weighted by Gasteiger charge is 2.32. The van der Waals surface area contributed by atoms with Crippen LogP contribution in [0.4, 0.5) is 10.5 Å². The van der Waals surface area contributed by atoms with Crippen molar-refractivity contribution in [2.45, 2.75) is 24.9 Å². The zero-order valence-corrected chi connectivity index (χ0v) is 13.7. The van der Waals surface area contributed by atoms with E-state index in [2.05, 4.69) is 16.7 Å². The Bertz CT molecular complexity index is 732. The maximum Gasteiger partial charge on any atom is 0.319 e. The van der Waals surface area contributed by atoms with Crippen molar-refractivity contribution in [3.8, 4) is 5.75 Å². The third-order valence-corrected chi connectivity index (χ3v) is 4.40. The van der Waals surface area contributed by atoms with Crippen LogP contribution in [0.15, 0.2) is 48.5 Å². The molecule has 24 heavy (non-hydrogen) atoms. The first-order valence-electron chi connectivity index (χ1n) is 8.06. The van der Waals surface area contributed by atoms with E-state index >= 15 is 0 Å². The number of ether oxygens (including phenoxy) is 1. The van der Waals surface area contributed by atoms with Gasteiger partial charge in [-0.3, -0.25) is 0 Å². The molecule has 0 fully saturated rings. The normalized spacial score (nSPS) is 19.2. The van der Waals surface area contributed by atoms with Crippen LogP contribution in [-0.2, 0) is 12.8 Å². The lowest BCUT2D eigenvalue weighted by Crippen LogP contribution is -2.47. The topological polar surface area (TPSA) is 70.6 Å². The first-order valence-corrected chi connectivity index (χ1v) is 8.06. The number of benzene rings is 2. The average molecular weight is 326 g/mol. The predicted molar refractivity (Wildman–Crippen MR) is 93.4 cm³/mol. The minimum atomic E-state index is -0.903. The molecule has 3 N–H and O–H groups in total. The molecule has 0 heterocycles. The summed E-state index contributed by atoms with van der Waals surface area (Å²) in [4.78, 5) is 12.1. The maximum atomic E-state index is 12.1. The van der Waals surface area contributed by atoms with Crippen molar-refractivity contribution in [1.29, 1.82) is 0 Å². The smallest absolute Gasteiger partial charge is 0.319 e. The van der Waals surface area contributed by atoms with Gasteiger partial charge in [-0.05, 0) is 36.1 Å². The van der Waals surface area contributed by atoms with Gasteiger partial charge in [0.1, 0.15) is 5.75 Å². The van der Waals surface area contributed by atoms with Gasteiger partial charge in [0, 0.05) is 24.7 Å². The van der Waals surface area contributed by atoms with Crippen molar-refractivity contribution >= 4 is 11.7 Å². The van der Waals surface area contributed by atoms with Crippen molar-refractivity contribution in [1.82, 2.24) is 5.32 Å². The van der Waals surface area contributed by atoms with Crippen LogP contribution in [0.25, 0.3) is 0 Å². The third-order valence-electron chi connectivity index (χ3n) is 4.40. The molecule has 0 saturated heterocycles. The Morgan fingerprint density at radius 3 is 2.79 bits per heavy atom. The summed E-state index contributed by atoms with van der Waals surface area (Å²) in [5.74, 6) is 0.676. The fraction of sp³-hybridized carbons (Fsp3) is 0.316. The van der Waals surface area contributed by atoms with E-state index in [1.54, 1.807) is 25.3 Å². The van der Waals surface area contributed by atoms with Gasteiger partial charge in [-0.15, -0.1) is 0 Å². The summed E-state index contributed by atoms with van der Waals surface area (Å²) in [5, 5.41) is 16.3. The predicted octanol–water partition coefficient (Wildman–Crippen LogP) is 2.74. The van der Waals surface area contributed by atoms with E-state index in [9.17, 15) is 9.90 Å². The van der Waals surface area contributed by atoms with Crippen LogP contribution in [-0.4, -0.2) is 30.4 Å². The molecule has 0 spiro atoms. The van der Waals surface area contributed by atoms with Crippen LogP contribution in [0.1, 0.15) is 17.5 Å². The molecule has 0 saturated carbocycles. The molecule has 1 atom stereocenters. The van der Waals surface area contributed by atoms with Crippen molar-refractivity contribution < 1.29 is 14.6 Å². The molecule has 5 heteroatoms. The molecule has 126 valence electrons. The molecule has 1 unspecified atom stereocenters. The van der Waals surface area contributed by atoms with E-state index in [1.165, 1.54) is 5.56 Å². The second kappa shape index (κ2) is 6.93. The van der Waals surface area contributed by atoms with Gasteiger partial charge in [0.25, 0.3) is 0 Å². The molecule has 0 aliphatic heterocycles. The number of carbonyl (C=O) groups excluding carboxylic acids is 1. The number of rotatable bonds is 4. The molecular weight excluding hydrogens is 304 g/mol. The van der Waals surface area contributed by atoms with Gasteiger partial charge in [-0.25, -0.2) is 4.79 Å². The molecular formula is C19H22N2O3. The van der Waals surface area contributed by atoms with Gasteiger partial charge in [-0.1, -0.05) is 30.3 Å². The maximum absolute atomic E-state index is 12.1. The average Bonchev–Trinajstić information content (AvgIpc) is 2.60. The summed E-state index contributed by atoms with van der Waals surface area (Å²) in [6.45, 7) is 0.219. The summed E-state index contributed by atoms with van der Waals surface area (Å²) in [7, 11) is 1.58. The van der Waals surface area contributed by atoms with E-state index in [0.717, 1.165) is 12.0 Å². The molecule has 0 bridgehead atoms. The largest absolute Gasteiger partial charge is 0.497 e. The Kier molecular flexibility index (Phi) is 4.71. The zero-order chi connectivity index (χ0) is 17.0. The standard InChI is InChI=1S/C19H22N2O3/c1-24-17-8-4-7-16(11-17)21-18(22)20-13-19(23)10-9-14-5-2-3-6-15(14)12-19/h2-8,11,23H,9-10,12-13H2,1H3,(H2,20,21,22). The summed E-state index contributed by atoms with van der Waals surface area (Å²) in [5.41, 5.74) is 2.18. The Morgan fingerprint density at radius 2 is 2.00 bits per heavy atom. The van der Waals surface area contributed by atoms with Crippen LogP contribution in [0.3, 0.4) is 0 Å². The number of amides is 2. The fourth-order valence-corrected chi connectivity index (χ4v) is 3.06. The molecule has 2 aromatic carbocycles. The second-order valence-electron chi connectivity index (χ2n) is 6.21. The first kappa shape index (κ1) is 16.3. The quantitative estimate of drug-likeness (QED) is 0.809. The molecule has 2 aromatic rings. The molecule has 5 nitrogen and oxygen atoms in total. The molecule has 0 radical (unpaired) electrons. The van der Waals surface area contributed by atoms with Crippen LogP contribution in [0.5, 0.6) is 5.75 Å². The summed E-state index contributed by atoms with van der Waals surface area (Å²) in [6.07, 6.45) is 2.03. The summed E-state index contributed by atoms with van der Waals surface area (Å²) >= 11 is 0. The number of carbonyl (C=O) groups is 1. The number of hydrogen-bond acceptors (Lipinski definition) is 3. The lowest BCUT2D eigenvalue weighted by atomic mass is 9.80. The SMILES string of the molecule is COc1cccc(NC(=O)NCC2(O)CCc3ccccc3C2)c1. The number of urea groups is 1. The molecule has 1 aliphatic carbocycles. The van der Waals surface area contributed by atoms with Crippen LogP contribution < -0.4 is 15.4 Å². The second-order valence-corrected chi connectivity index (χ2v) is 6.21. The van der Waals surface area contributed by atoms with Gasteiger partial charge < -0.3 is 20.5 Å². The molecule has 0 aromatic heterocycles. The lowest BCUT2D eigenvalue weighted by molar-refractivity contribution is 0.0295. The van der Waals surface area contributed by atoms with Gasteiger partial charge in [0.2, 0.25) is 0 Å². The third kappa shape index (κ3) is 3.86. The summed E-state index contributed by atoms with van der Waals surface area (Å²) < 4.78 is 5.13. The van der Waals surface area contributed by atoms with Crippen molar-refractivity contribution in [3.05, 3.63) is 59.7 Å². The fourth-order valence-electron chi connectivity index (χ4n) is 3.06. The number of aryl methyl sites for hydroxylation is 1. The van der Waals surface area contributed by atoms with Crippen molar-refractivity contribution in [3.63, 3.8) is 0 Å². The highest BCUT2D eigenvalue weighted by Crippen LogP contribution is 2.28. The van der Waals surface area contributed by atoms with Crippen LogP contribution in [0, 0.1) is 0 Å². The Balaban J connectivity index is 1.56. The molecule has 1 aliphatic rings. The van der Waals surface area contributed by atoms with E-state index in [-0.39, 0.29) is 12.6 Å². The minimum absolute atomic E-state index is 0.219. The number of fused-ring (bicyclic) bond motifs is 1. The first-order chi connectivity index (χ1) is 11.6. The minimum Gasteiger partial charge on any atom is -0.497 e. The van der Waals surface area contributed by atoms with Crippen LogP contribution >= 0.6 is 0 Å². The Hall–Kier alpha value is -2.53. The van der Waals surface area contributed by atoms with E-state index in [4.69, 9.17) is 4.74 Å². The highest BCUT2D eigenvalue weighted by atomic mass is 16.5. The van der Waals surface area contributed by atoms with Crippen molar-refractivity contribution in [2.75, 3.05) is 19.0 Å². The zero-order valence-electron chi connectivity index (χ0n) is 13.7. The number of methoxy groups -OCH3 is 1. The number of aliphatic hydroxyl groups is 1. The van der Waals surface area contributed by atoms with Crippen molar-refractivity contribution in [2.24, 2.45) is 0 Å². The van der Waals surface area contributed by atoms with Gasteiger partial charge in [0.15, 0.2) is 0 Å². The van der Waals surface area contributed by atoms with E-state index < -0.39 is 5.60 Å². The van der Waals surface area contributed by atoms with Gasteiger partial charge >= 0.3 is 6.03 Å². The number of nitrogens with one attached hydrogen (secondary N) is 2. The summed E-state index contributed by atoms with van der Waals surface area (Å²) in [6, 6.07) is 14.9. The molecule has 3 rings (SSSR count). The van der Waals surface area contributed by atoms with Gasteiger partial charge in [0.05, 0.1) is 12.7 Å².